The number of nitrogens with one attached hydrogen (secondary N) is 2. The van der Waals surface area contributed by atoms with E-state index in [1.807, 2.05) is 36.4 Å². The number of hydrogen-bond donors (Lipinski definition) is 3. The van der Waals surface area contributed by atoms with Crippen molar-refractivity contribution >= 4 is 11.7 Å². The largest absolute Gasteiger partial charge is 0.497 e. The van der Waals surface area contributed by atoms with Crippen LogP contribution in [0.25, 0.3) is 0 Å². The Bertz CT molecular complexity index is 782. The number of urea groups is 1. The van der Waals surface area contributed by atoms with Gasteiger partial charge in [-0.1, -0.05) is 50.2 Å². The van der Waals surface area contributed by atoms with Crippen LogP contribution in [0.5, 0.6) is 5.75 Å². The van der Waals surface area contributed by atoms with Crippen molar-refractivity contribution in [3.63, 3.8) is 0 Å². The summed E-state index contributed by atoms with van der Waals surface area (Å²) in [6.07, 6.45) is 0. The molecule has 0 saturated carbocycles. The van der Waals surface area contributed by atoms with Crippen LogP contribution < -0.4 is 15.4 Å². The molecule has 2 aromatic carbocycles. The van der Waals surface area contributed by atoms with Crippen LogP contribution in [0.3, 0.4) is 0 Å². The maximum atomic E-state index is 13.0. The highest BCUT2D eigenvalue weighted by Crippen LogP contribution is 2.40. The first-order valence-electron chi connectivity index (χ1n) is 9.67. The van der Waals surface area contributed by atoms with Gasteiger partial charge in [-0.25, -0.2) is 4.79 Å². The number of hydrogen-bond acceptors (Lipinski definition) is 4. The zero-order valence-corrected chi connectivity index (χ0v) is 16.6. The molecule has 3 N–H and O–H groups in total. The van der Waals surface area contributed by atoms with E-state index in [-0.39, 0.29) is 30.6 Å². The van der Waals surface area contributed by atoms with Crippen LogP contribution in [-0.4, -0.2) is 54.4 Å². The van der Waals surface area contributed by atoms with Crippen LogP contribution in [-0.2, 0) is 0 Å². The molecule has 1 aliphatic heterocycles. The molecule has 1 heterocycles. The van der Waals surface area contributed by atoms with Gasteiger partial charge in [0.15, 0.2) is 0 Å². The smallest absolute Gasteiger partial charge is 0.322 e. The van der Waals surface area contributed by atoms with Gasteiger partial charge >= 0.3 is 6.03 Å². The number of amides is 2. The van der Waals surface area contributed by atoms with Gasteiger partial charge < -0.3 is 25.4 Å². The molecular formula is C22H29N3O3. The second-order valence-corrected chi connectivity index (χ2v) is 7.39. The summed E-state index contributed by atoms with van der Waals surface area (Å²) in [6.45, 7) is 4.75. The van der Waals surface area contributed by atoms with Gasteiger partial charge in [-0.05, 0) is 17.7 Å². The number of carbonyl (C=O) groups is 1. The predicted octanol–water partition coefficient (Wildman–Crippen LogP) is 3.05. The Morgan fingerprint density at radius 3 is 2.54 bits per heavy atom. The number of ether oxygens (including phenoxy) is 1. The molecule has 0 bridgehead atoms. The molecule has 1 saturated heterocycles. The summed E-state index contributed by atoms with van der Waals surface area (Å²) in [5, 5.41) is 16.4. The van der Waals surface area contributed by atoms with Crippen LogP contribution >= 0.6 is 0 Å². The zero-order valence-electron chi connectivity index (χ0n) is 16.6. The zero-order chi connectivity index (χ0) is 20.1. The number of carbonyl (C=O) groups excluding carboxylic acids is 1. The van der Waals surface area contributed by atoms with E-state index >= 15 is 0 Å². The molecule has 6 nitrogen and oxygen atoms in total. The Morgan fingerprint density at radius 1 is 1.14 bits per heavy atom. The molecule has 0 radical (unpaired) electrons. The molecule has 2 amide bonds. The van der Waals surface area contributed by atoms with Gasteiger partial charge in [-0.15, -0.1) is 0 Å². The SMILES string of the molecule is COc1cccc(NC(=O)N2[C@H](CO)[C@H](c3ccccc3)[C@@H]2CNC(C)C)c1. The third kappa shape index (κ3) is 4.29. The van der Waals surface area contributed by atoms with Crippen LogP contribution in [0.4, 0.5) is 10.5 Å². The second kappa shape index (κ2) is 9.08. The summed E-state index contributed by atoms with van der Waals surface area (Å²) in [4.78, 5) is 14.8. The molecule has 0 spiro atoms. The van der Waals surface area contributed by atoms with Gasteiger partial charge in [0, 0.05) is 30.3 Å². The maximum Gasteiger partial charge on any atom is 0.322 e. The molecular weight excluding hydrogens is 354 g/mol. The summed E-state index contributed by atoms with van der Waals surface area (Å²) >= 11 is 0. The predicted molar refractivity (Wildman–Crippen MR) is 111 cm³/mol. The molecule has 0 aromatic heterocycles. The topological polar surface area (TPSA) is 73.8 Å². The van der Waals surface area contributed by atoms with Gasteiger partial charge in [0.2, 0.25) is 0 Å². The lowest BCUT2D eigenvalue weighted by molar-refractivity contribution is -0.00306. The van der Waals surface area contributed by atoms with E-state index in [0.29, 0.717) is 24.0 Å². The number of rotatable bonds is 7. The quantitative estimate of drug-likeness (QED) is 0.687. The van der Waals surface area contributed by atoms with E-state index in [2.05, 4.69) is 36.6 Å². The lowest BCUT2D eigenvalue weighted by Gasteiger charge is -2.55. The Hall–Kier alpha value is -2.57. The van der Waals surface area contributed by atoms with Crippen molar-refractivity contribution in [2.45, 2.75) is 37.9 Å². The van der Waals surface area contributed by atoms with E-state index in [4.69, 9.17) is 4.74 Å². The lowest BCUT2D eigenvalue weighted by Crippen LogP contribution is -2.69. The number of anilines is 1. The van der Waals surface area contributed by atoms with Crippen molar-refractivity contribution in [3.8, 4) is 5.75 Å². The third-order valence-corrected chi connectivity index (χ3v) is 5.21. The molecule has 1 aliphatic rings. The molecule has 0 aliphatic carbocycles. The highest BCUT2D eigenvalue weighted by molar-refractivity contribution is 5.91. The average molecular weight is 383 g/mol. The summed E-state index contributed by atoms with van der Waals surface area (Å²) < 4.78 is 5.23. The van der Waals surface area contributed by atoms with E-state index in [1.165, 1.54) is 0 Å². The summed E-state index contributed by atoms with van der Waals surface area (Å²) in [5.41, 5.74) is 1.81. The minimum absolute atomic E-state index is 0.0347. The standard InChI is InChI=1S/C22H29N3O3/c1-15(2)23-13-19-21(16-8-5-4-6-9-16)20(14-26)25(19)22(27)24-17-10-7-11-18(12-17)28-3/h4-12,15,19-21,23,26H,13-14H2,1-3H3,(H,24,27)/t19-,20+,21+/m0/s1. The molecule has 28 heavy (non-hydrogen) atoms. The first kappa shape index (κ1) is 20.2. The van der Waals surface area contributed by atoms with Crippen molar-refractivity contribution in [2.24, 2.45) is 0 Å². The molecule has 3 rings (SSSR count). The third-order valence-electron chi connectivity index (χ3n) is 5.21. The first-order valence-corrected chi connectivity index (χ1v) is 9.67. The van der Waals surface area contributed by atoms with E-state index in [1.54, 1.807) is 18.1 Å². The van der Waals surface area contributed by atoms with Crippen LogP contribution in [0.2, 0.25) is 0 Å². The monoisotopic (exact) mass is 383 g/mol. The van der Waals surface area contributed by atoms with E-state index < -0.39 is 0 Å². The summed E-state index contributed by atoms with van der Waals surface area (Å²) in [7, 11) is 1.59. The van der Waals surface area contributed by atoms with E-state index in [0.717, 1.165) is 5.56 Å². The first-order chi connectivity index (χ1) is 13.5. The minimum Gasteiger partial charge on any atom is -0.497 e. The van der Waals surface area contributed by atoms with E-state index in [9.17, 15) is 9.90 Å². The second-order valence-electron chi connectivity index (χ2n) is 7.39. The Kier molecular flexibility index (Phi) is 6.54. The number of aliphatic hydroxyl groups is 1. The van der Waals surface area contributed by atoms with Gasteiger partial charge in [0.1, 0.15) is 5.75 Å². The van der Waals surface area contributed by atoms with Crippen molar-refractivity contribution in [1.82, 2.24) is 10.2 Å². The highest BCUT2D eigenvalue weighted by Gasteiger charge is 2.50. The van der Waals surface area contributed by atoms with Crippen molar-refractivity contribution < 1.29 is 14.6 Å². The maximum absolute atomic E-state index is 13.0. The molecule has 0 unspecified atom stereocenters. The summed E-state index contributed by atoms with van der Waals surface area (Å²) in [5.74, 6) is 0.772. The lowest BCUT2D eigenvalue weighted by atomic mass is 9.75. The molecule has 1 fully saturated rings. The minimum atomic E-state index is -0.257. The Morgan fingerprint density at radius 2 is 1.89 bits per heavy atom. The number of benzene rings is 2. The van der Waals surface area contributed by atoms with Crippen LogP contribution in [0.15, 0.2) is 54.6 Å². The van der Waals surface area contributed by atoms with Crippen molar-refractivity contribution in [2.75, 3.05) is 25.6 Å². The molecule has 6 heteroatoms. The van der Waals surface area contributed by atoms with Crippen LogP contribution in [0, 0.1) is 0 Å². The highest BCUT2D eigenvalue weighted by atomic mass is 16.5. The molecule has 150 valence electrons. The van der Waals surface area contributed by atoms with Crippen molar-refractivity contribution in [3.05, 3.63) is 60.2 Å². The fourth-order valence-corrected chi connectivity index (χ4v) is 3.84. The number of nitrogens with zero attached hydrogens (tertiary/aromatic N) is 1. The van der Waals surface area contributed by atoms with Gasteiger partial charge in [0.25, 0.3) is 0 Å². The Balaban J connectivity index is 1.80. The molecule has 3 atom stereocenters. The van der Waals surface area contributed by atoms with Crippen LogP contribution in [0.1, 0.15) is 25.3 Å². The number of aliphatic hydroxyl groups excluding tert-OH is 1. The summed E-state index contributed by atoms with van der Waals surface area (Å²) in [6, 6.07) is 17.2. The average Bonchev–Trinajstić information content (AvgIpc) is 2.68. The Labute approximate surface area is 166 Å². The van der Waals surface area contributed by atoms with Gasteiger partial charge in [-0.3, -0.25) is 0 Å². The number of methoxy groups -OCH3 is 1. The fourth-order valence-electron chi connectivity index (χ4n) is 3.84. The number of likely N-dealkylation sites (tertiary alicyclic amines) is 1. The fraction of sp³-hybridized carbons (Fsp3) is 0.409. The molecule has 2 aromatic rings. The van der Waals surface area contributed by atoms with Gasteiger partial charge in [0.05, 0.1) is 25.8 Å². The normalized spacial score (nSPS) is 21.3. The van der Waals surface area contributed by atoms with Crippen molar-refractivity contribution in [1.29, 1.82) is 0 Å². The van der Waals surface area contributed by atoms with Gasteiger partial charge in [-0.2, -0.15) is 0 Å².